The zero-order valence-electron chi connectivity index (χ0n) is 8.56. The molecule has 0 radical (unpaired) electrons. The topological polar surface area (TPSA) is 46.2 Å². The SMILES string of the molecule is NC1(c2c(F)c(O)cc(F)c2F)CCCC1. The normalized spacial score (nSPS) is 19.0. The number of aromatic hydroxyl groups is 1. The molecule has 1 aromatic carbocycles. The maximum Gasteiger partial charge on any atom is 0.172 e. The quantitative estimate of drug-likeness (QED) is 0.729. The van der Waals surface area contributed by atoms with Gasteiger partial charge in [0, 0.05) is 11.6 Å². The first-order valence-corrected chi connectivity index (χ1v) is 5.11. The Morgan fingerprint density at radius 2 is 1.69 bits per heavy atom. The van der Waals surface area contributed by atoms with Gasteiger partial charge in [-0.05, 0) is 12.8 Å². The molecule has 16 heavy (non-hydrogen) atoms. The van der Waals surface area contributed by atoms with Gasteiger partial charge in [0.25, 0.3) is 0 Å². The number of hydrogen-bond donors (Lipinski definition) is 2. The van der Waals surface area contributed by atoms with E-state index in [2.05, 4.69) is 0 Å². The van der Waals surface area contributed by atoms with Crippen molar-refractivity contribution >= 4 is 0 Å². The van der Waals surface area contributed by atoms with Gasteiger partial charge in [0.2, 0.25) is 0 Å². The first-order valence-electron chi connectivity index (χ1n) is 5.11. The number of rotatable bonds is 1. The highest BCUT2D eigenvalue weighted by Gasteiger charge is 2.38. The second-order valence-corrected chi connectivity index (χ2v) is 4.24. The molecule has 5 heteroatoms. The fourth-order valence-corrected chi connectivity index (χ4v) is 2.28. The van der Waals surface area contributed by atoms with E-state index in [0.29, 0.717) is 18.9 Å². The van der Waals surface area contributed by atoms with E-state index in [0.717, 1.165) is 12.8 Å². The van der Waals surface area contributed by atoms with Crippen LogP contribution >= 0.6 is 0 Å². The van der Waals surface area contributed by atoms with Gasteiger partial charge in [0.15, 0.2) is 23.2 Å². The van der Waals surface area contributed by atoms with Gasteiger partial charge < -0.3 is 10.8 Å². The third-order valence-corrected chi connectivity index (χ3v) is 3.13. The van der Waals surface area contributed by atoms with Gasteiger partial charge in [-0.15, -0.1) is 0 Å². The summed E-state index contributed by atoms with van der Waals surface area (Å²) < 4.78 is 40.2. The van der Waals surface area contributed by atoms with Crippen LogP contribution in [-0.2, 0) is 5.54 Å². The summed E-state index contributed by atoms with van der Waals surface area (Å²) in [5.41, 5.74) is 4.14. The van der Waals surface area contributed by atoms with Crippen LogP contribution in [0.15, 0.2) is 6.07 Å². The average Bonchev–Trinajstić information content (AvgIpc) is 2.63. The molecule has 1 aliphatic rings. The molecule has 2 nitrogen and oxygen atoms in total. The van der Waals surface area contributed by atoms with Crippen molar-refractivity contribution in [2.75, 3.05) is 0 Å². The maximum absolute atomic E-state index is 13.6. The van der Waals surface area contributed by atoms with Gasteiger partial charge in [0.05, 0.1) is 5.56 Å². The van der Waals surface area contributed by atoms with Crippen LogP contribution in [-0.4, -0.2) is 5.11 Å². The first kappa shape index (κ1) is 11.3. The molecule has 0 saturated heterocycles. The number of phenols is 1. The molecule has 0 heterocycles. The second-order valence-electron chi connectivity index (χ2n) is 4.24. The van der Waals surface area contributed by atoms with Crippen LogP contribution in [0.25, 0.3) is 0 Å². The largest absolute Gasteiger partial charge is 0.505 e. The van der Waals surface area contributed by atoms with Gasteiger partial charge in [-0.25, -0.2) is 13.2 Å². The van der Waals surface area contributed by atoms with Gasteiger partial charge in [-0.2, -0.15) is 0 Å². The van der Waals surface area contributed by atoms with Crippen LogP contribution in [0.1, 0.15) is 31.2 Å². The summed E-state index contributed by atoms with van der Waals surface area (Å²) in [4.78, 5) is 0. The molecule has 1 fully saturated rings. The molecule has 0 bridgehead atoms. The maximum atomic E-state index is 13.6. The van der Waals surface area contributed by atoms with Crippen molar-refractivity contribution < 1.29 is 18.3 Å². The Labute approximate surface area is 90.9 Å². The van der Waals surface area contributed by atoms with Gasteiger partial charge in [0.1, 0.15) is 0 Å². The van der Waals surface area contributed by atoms with Crippen LogP contribution in [0.3, 0.4) is 0 Å². The molecule has 0 aromatic heterocycles. The number of nitrogens with two attached hydrogens (primary N) is 1. The van der Waals surface area contributed by atoms with E-state index >= 15 is 0 Å². The highest BCUT2D eigenvalue weighted by atomic mass is 19.2. The predicted molar refractivity (Wildman–Crippen MR) is 52.3 cm³/mol. The molecule has 1 aromatic rings. The van der Waals surface area contributed by atoms with Crippen molar-refractivity contribution in [1.29, 1.82) is 0 Å². The standard InChI is InChI=1S/C11H12F3NO/c12-6-5-7(16)10(14)8(9(6)13)11(15)3-1-2-4-11/h5,16H,1-4,15H2. The molecule has 2 rings (SSSR count). The third kappa shape index (κ3) is 1.55. The highest BCUT2D eigenvalue weighted by Crippen LogP contribution is 2.41. The average molecular weight is 231 g/mol. The summed E-state index contributed by atoms with van der Waals surface area (Å²) in [5, 5.41) is 9.14. The summed E-state index contributed by atoms with van der Waals surface area (Å²) in [6.45, 7) is 0. The number of phenolic OH excluding ortho intramolecular Hbond substituents is 1. The lowest BCUT2D eigenvalue weighted by Crippen LogP contribution is -2.35. The fourth-order valence-electron chi connectivity index (χ4n) is 2.28. The molecule has 3 N–H and O–H groups in total. The Kier molecular flexibility index (Phi) is 2.58. The molecule has 0 atom stereocenters. The Morgan fingerprint density at radius 1 is 1.12 bits per heavy atom. The zero-order chi connectivity index (χ0) is 11.9. The van der Waals surface area contributed by atoms with Gasteiger partial charge >= 0.3 is 0 Å². The molecule has 0 unspecified atom stereocenters. The molecular formula is C11H12F3NO. The van der Waals surface area contributed by atoms with Crippen LogP contribution in [0.2, 0.25) is 0 Å². The van der Waals surface area contributed by atoms with E-state index in [9.17, 15) is 13.2 Å². The van der Waals surface area contributed by atoms with E-state index in [4.69, 9.17) is 10.8 Å². The van der Waals surface area contributed by atoms with Crippen molar-refractivity contribution in [3.05, 3.63) is 29.1 Å². The zero-order valence-corrected chi connectivity index (χ0v) is 8.56. The summed E-state index contributed by atoms with van der Waals surface area (Å²) in [7, 11) is 0. The van der Waals surface area contributed by atoms with E-state index in [1.807, 2.05) is 0 Å². The lowest BCUT2D eigenvalue weighted by molar-refractivity contribution is 0.359. The Morgan fingerprint density at radius 3 is 2.25 bits per heavy atom. The molecule has 88 valence electrons. The minimum absolute atomic E-state index is 0.393. The Bertz CT molecular complexity index is 401. The Balaban J connectivity index is 2.63. The van der Waals surface area contributed by atoms with Crippen LogP contribution in [0, 0.1) is 17.5 Å². The van der Waals surface area contributed by atoms with Gasteiger partial charge in [-0.3, -0.25) is 0 Å². The van der Waals surface area contributed by atoms with Gasteiger partial charge in [-0.1, -0.05) is 12.8 Å². The molecule has 1 aliphatic carbocycles. The molecule has 1 saturated carbocycles. The van der Waals surface area contributed by atoms with Crippen LogP contribution in [0.4, 0.5) is 13.2 Å². The second kappa shape index (κ2) is 3.66. The highest BCUT2D eigenvalue weighted by molar-refractivity contribution is 5.37. The Hall–Kier alpha value is -1.23. The number of halogens is 3. The van der Waals surface area contributed by atoms with E-state index in [1.54, 1.807) is 0 Å². The number of benzene rings is 1. The van der Waals surface area contributed by atoms with Crippen molar-refractivity contribution in [1.82, 2.24) is 0 Å². The minimum Gasteiger partial charge on any atom is -0.505 e. The molecular weight excluding hydrogens is 219 g/mol. The van der Waals surface area contributed by atoms with Crippen LogP contribution in [0.5, 0.6) is 5.75 Å². The van der Waals surface area contributed by atoms with Crippen molar-refractivity contribution in [3.8, 4) is 5.75 Å². The van der Waals surface area contributed by atoms with Crippen molar-refractivity contribution in [3.63, 3.8) is 0 Å². The number of hydrogen-bond acceptors (Lipinski definition) is 2. The summed E-state index contributed by atoms with van der Waals surface area (Å²) in [5.74, 6) is -4.61. The minimum atomic E-state index is -1.29. The van der Waals surface area contributed by atoms with Crippen molar-refractivity contribution in [2.24, 2.45) is 5.73 Å². The third-order valence-electron chi connectivity index (χ3n) is 3.13. The smallest absolute Gasteiger partial charge is 0.172 e. The van der Waals surface area contributed by atoms with E-state index in [1.165, 1.54) is 0 Å². The molecule has 0 aliphatic heterocycles. The van der Waals surface area contributed by atoms with E-state index in [-0.39, 0.29) is 0 Å². The monoisotopic (exact) mass is 231 g/mol. The molecule has 0 amide bonds. The summed E-state index contributed by atoms with van der Waals surface area (Å²) in [6.07, 6.45) is 2.27. The lowest BCUT2D eigenvalue weighted by Gasteiger charge is -2.25. The molecule has 0 spiro atoms. The lowest BCUT2D eigenvalue weighted by atomic mass is 9.88. The van der Waals surface area contributed by atoms with Crippen LogP contribution < -0.4 is 5.73 Å². The van der Waals surface area contributed by atoms with E-state index < -0.39 is 34.3 Å². The fraction of sp³-hybridized carbons (Fsp3) is 0.455. The first-order chi connectivity index (χ1) is 7.46. The van der Waals surface area contributed by atoms with Crippen molar-refractivity contribution in [2.45, 2.75) is 31.2 Å². The summed E-state index contributed by atoms with van der Waals surface area (Å²) in [6, 6.07) is 0.423. The predicted octanol–water partition coefficient (Wildman–Crippen LogP) is 2.54. The summed E-state index contributed by atoms with van der Waals surface area (Å²) >= 11 is 0.